The number of hydrogen-bond acceptors (Lipinski definition) is 4. The van der Waals surface area contributed by atoms with E-state index in [1.54, 1.807) is 13.1 Å². The highest BCUT2D eigenvalue weighted by Gasteiger charge is 2.11. The Kier molecular flexibility index (Phi) is 5.57. The normalized spacial score (nSPS) is 10.2. The summed E-state index contributed by atoms with van der Waals surface area (Å²) < 4.78 is 0. The predicted molar refractivity (Wildman–Crippen MR) is 61.2 cm³/mol. The van der Waals surface area contributed by atoms with Crippen LogP contribution in [0.25, 0.3) is 0 Å². The van der Waals surface area contributed by atoms with Crippen LogP contribution in [0.1, 0.15) is 16.8 Å². The molecule has 0 unspecified atom stereocenters. The molecule has 1 aromatic rings. The third-order valence-corrected chi connectivity index (χ3v) is 2.07. The van der Waals surface area contributed by atoms with E-state index in [2.05, 4.69) is 4.98 Å². The molecule has 1 rings (SSSR count). The zero-order valence-electron chi connectivity index (χ0n) is 9.19. The third kappa shape index (κ3) is 3.34. The molecule has 4 nitrogen and oxygen atoms in total. The molecule has 0 aliphatic rings. The molecule has 86 valence electrons. The van der Waals surface area contributed by atoms with Gasteiger partial charge in [-0.2, -0.15) is 0 Å². The van der Waals surface area contributed by atoms with E-state index in [1.165, 1.54) is 0 Å². The number of halogens is 1. The zero-order chi connectivity index (χ0) is 10.7. The van der Waals surface area contributed by atoms with Crippen molar-refractivity contribution in [3.05, 3.63) is 23.0 Å². The number of rotatable bonds is 3. The predicted octanol–water partition coefficient (Wildman–Crippen LogP) is 1.07. The summed E-state index contributed by atoms with van der Waals surface area (Å²) in [6.07, 6.45) is 1.61. The van der Waals surface area contributed by atoms with E-state index in [4.69, 9.17) is 5.11 Å². The van der Waals surface area contributed by atoms with Crippen molar-refractivity contribution in [2.45, 2.75) is 20.1 Å². The lowest BCUT2D eigenvalue weighted by atomic mass is 10.1. The Morgan fingerprint density at radius 1 is 1.40 bits per heavy atom. The summed E-state index contributed by atoms with van der Waals surface area (Å²) in [6, 6.07) is 0. The standard InChI is InChI=1S/C10H16N2O2.ClH/c1-7-10(14)9(5-12(2)3)8(6-13)4-11-7;/h4,13-14H,5-6H2,1-3H3;1H. The highest BCUT2D eigenvalue weighted by molar-refractivity contribution is 5.85. The van der Waals surface area contributed by atoms with Crippen molar-refractivity contribution in [1.82, 2.24) is 9.88 Å². The fraction of sp³-hybridized carbons (Fsp3) is 0.500. The van der Waals surface area contributed by atoms with E-state index in [0.29, 0.717) is 17.8 Å². The molecule has 0 aliphatic heterocycles. The van der Waals surface area contributed by atoms with Crippen LogP contribution in [0.2, 0.25) is 0 Å². The van der Waals surface area contributed by atoms with Gasteiger partial charge in [-0.3, -0.25) is 4.98 Å². The van der Waals surface area contributed by atoms with Crippen LogP contribution in [-0.4, -0.2) is 34.2 Å². The first-order valence-corrected chi connectivity index (χ1v) is 4.48. The summed E-state index contributed by atoms with van der Waals surface area (Å²) in [6.45, 7) is 2.25. The molecule has 0 aromatic carbocycles. The lowest BCUT2D eigenvalue weighted by Gasteiger charge is -2.15. The van der Waals surface area contributed by atoms with Gasteiger partial charge in [0.25, 0.3) is 0 Å². The van der Waals surface area contributed by atoms with Crippen LogP contribution in [-0.2, 0) is 13.2 Å². The molecule has 0 fully saturated rings. The van der Waals surface area contributed by atoms with E-state index < -0.39 is 0 Å². The maximum Gasteiger partial charge on any atom is 0.141 e. The molecular weight excluding hydrogens is 216 g/mol. The van der Waals surface area contributed by atoms with Crippen molar-refractivity contribution < 1.29 is 10.2 Å². The van der Waals surface area contributed by atoms with Gasteiger partial charge in [-0.05, 0) is 21.0 Å². The molecule has 2 N–H and O–H groups in total. The van der Waals surface area contributed by atoms with Gasteiger partial charge >= 0.3 is 0 Å². The van der Waals surface area contributed by atoms with E-state index in [-0.39, 0.29) is 24.8 Å². The molecule has 0 bridgehead atoms. The SMILES string of the molecule is Cc1ncc(CO)c(CN(C)C)c1O.Cl. The van der Waals surface area contributed by atoms with Gasteiger partial charge in [0, 0.05) is 23.9 Å². The van der Waals surface area contributed by atoms with Crippen molar-refractivity contribution in [3.8, 4) is 5.75 Å². The average molecular weight is 233 g/mol. The Labute approximate surface area is 96.0 Å². The summed E-state index contributed by atoms with van der Waals surface area (Å²) in [5.41, 5.74) is 2.03. The Balaban J connectivity index is 0.00000196. The largest absolute Gasteiger partial charge is 0.506 e. The van der Waals surface area contributed by atoms with Gasteiger partial charge in [0.2, 0.25) is 0 Å². The topological polar surface area (TPSA) is 56.6 Å². The van der Waals surface area contributed by atoms with Gasteiger partial charge in [0.1, 0.15) is 5.75 Å². The van der Waals surface area contributed by atoms with Crippen LogP contribution < -0.4 is 0 Å². The van der Waals surface area contributed by atoms with E-state index in [1.807, 2.05) is 19.0 Å². The van der Waals surface area contributed by atoms with Crippen molar-refractivity contribution in [1.29, 1.82) is 0 Å². The molecular formula is C10H17ClN2O2. The number of aryl methyl sites for hydroxylation is 1. The van der Waals surface area contributed by atoms with E-state index >= 15 is 0 Å². The summed E-state index contributed by atoms with van der Waals surface area (Å²) in [5.74, 6) is 0.185. The highest BCUT2D eigenvalue weighted by Crippen LogP contribution is 2.24. The summed E-state index contributed by atoms with van der Waals surface area (Å²) in [5, 5.41) is 18.8. The van der Waals surface area contributed by atoms with Gasteiger partial charge in [-0.15, -0.1) is 12.4 Å². The molecule has 0 aliphatic carbocycles. The van der Waals surface area contributed by atoms with Gasteiger partial charge in [0.05, 0.1) is 12.3 Å². The minimum absolute atomic E-state index is 0. The third-order valence-electron chi connectivity index (χ3n) is 2.07. The van der Waals surface area contributed by atoms with Gasteiger partial charge in [-0.25, -0.2) is 0 Å². The van der Waals surface area contributed by atoms with Crippen molar-refractivity contribution in [2.24, 2.45) is 0 Å². The monoisotopic (exact) mass is 232 g/mol. The van der Waals surface area contributed by atoms with Gasteiger partial charge in [0.15, 0.2) is 0 Å². The first-order chi connectivity index (χ1) is 6.56. The number of aliphatic hydroxyl groups is 1. The second kappa shape index (κ2) is 5.90. The van der Waals surface area contributed by atoms with Crippen LogP contribution >= 0.6 is 12.4 Å². The van der Waals surface area contributed by atoms with Crippen LogP contribution in [0.5, 0.6) is 5.75 Å². The van der Waals surface area contributed by atoms with Crippen molar-refractivity contribution in [3.63, 3.8) is 0 Å². The highest BCUT2D eigenvalue weighted by atomic mass is 35.5. The first kappa shape index (κ1) is 14.2. The number of pyridine rings is 1. The number of aliphatic hydroxyl groups excluding tert-OH is 1. The van der Waals surface area contributed by atoms with Gasteiger partial charge < -0.3 is 15.1 Å². The maximum absolute atomic E-state index is 9.76. The summed E-state index contributed by atoms with van der Waals surface area (Å²) >= 11 is 0. The summed E-state index contributed by atoms with van der Waals surface area (Å²) in [7, 11) is 3.83. The van der Waals surface area contributed by atoms with Crippen LogP contribution in [0.4, 0.5) is 0 Å². The Hall–Kier alpha value is -0.840. The molecule has 5 heteroatoms. The lowest BCUT2D eigenvalue weighted by molar-refractivity contribution is 0.275. The quantitative estimate of drug-likeness (QED) is 0.819. The number of aromatic hydroxyl groups is 1. The number of hydrogen-bond donors (Lipinski definition) is 2. The molecule has 0 spiro atoms. The Bertz CT molecular complexity index is 329. The van der Waals surface area contributed by atoms with E-state index in [9.17, 15) is 5.11 Å². The first-order valence-electron chi connectivity index (χ1n) is 4.48. The molecule has 15 heavy (non-hydrogen) atoms. The second-order valence-corrected chi connectivity index (χ2v) is 3.59. The van der Waals surface area contributed by atoms with Crippen LogP contribution in [0.15, 0.2) is 6.20 Å². The molecule has 0 saturated carbocycles. The number of nitrogens with zero attached hydrogens (tertiary/aromatic N) is 2. The van der Waals surface area contributed by atoms with Crippen molar-refractivity contribution in [2.75, 3.05) is 14.1 Å². The Morgan fingerprint density at radius 2 is 2.00 bits per heavy atom. The fourth-order valence-corrected chi connectivity index (χ4v) is 1.31. The zero-order valence-corrected chi connectivity index (χ0v) is 10.0. The minimum Gasteiger partial charge on any atom is -0.506 e. The smallest absolute Gasteiger partial charge is 0.141 e. The summed E-state index contributed by atoms with van der Waals surface area (Å²) in [4.78, 5) is 5.93. The number of aromatic nitrogens is 1. The van der Waals surface area contributed by atoms with Crippen LogP contribution in [0, 0.1) is 6.92 Å². The molecule has 1 heterocycles. The average Bonchev–Trinajstić information content (AvgIpc) is 2.13. The van der Waals surface area contributed by atoms with Crippen molar-refractivity contribution >= 4 is 12.4 Å². The second-order valence-electron chi connectivity index (χ2n) is 3.59. The molecule has 0 amide bonds. The molecule has 0 radical (unpaired) electrons. The minimum atomic E-state index is -0.0932. The van der Waals surface area contributed by atoms with Crippen LogP contribution in [0.3, 0.4) is 0 Å². The molecule has 0 atom stereocenters. The molecule has 0 saturated heterocycles. The fourth-order valence-electron chi connectivity index (χ4n) is 1.31. The lowest BCUT2D eigenvalue weighted by Crippen LogP contribution is -2.13. The van der Waals surface area contributed by atoms with Gasteiger partial charge in [-0.1, -0.05) is 0 Å². The maximum atomic E-state index is 9.76. The molecule has 1 aromatic heterocycles. The Morgan fingerprint density at radius 3 is 2.47 bits per heavy atom. The van der Waals surface area contributed by atoms with E-state index in [0.717, 1.165) is 5.56 Å².